The number of rotatable bonds is 10. The normalized spacial score (nSPS) is 23.3. The first-order valence-electron chi connectivity index (χ1n) is 26.4. The second-order valence-corrected chi connectivity index (χ2v) is 24.7. The summed E-state index contributed by atoms with van der Waals surface area (Å²) in [5.41, 5.74) is 7.08. The van der Waals surface area contributed by atoms with Gasteiger partial charge in [0.2, 0.25) is 5.91 Å². The number of nitrogens with zero attached hydrogens (tertiary/aromatic N) is 7. The fourth-order valence-electron chi connectivity index (χ4n) is 10.9. The Morgan fingerprint density at radius 2 is 1.78 bits per heavy atom. The molecule has 0 spiro atoms. The lowest BCUT2D eigenvalue weighted by molar-refractivity contribution is -0.158. The van der Waals surface area contributed by atoms with Gasteiger partial charge < -0.3 is 29.2 Å². The highest BCUT2D eigenvalue weighted by Gasteiger charge is 2.48. The largest absolute Gasteiger partial charge is 0.464 e. The fraction of sp³-hybridized carbons (Fsp3) is 0.607. The summed E-state index contributed by atoms with van der Waals surface area (Å²) in [6.45, 7) is 18.1. The topological polar surface area (TPSA) is 162 Å². The smallest absolute Gasteiger partial charge is 0.323 e. The number of pyridine rings is 1. The van der Waals surface area contributed by atoms with Gasteiger partial charge >= 0.3 is 5.97 Å². The van der Waals surface area contributed by atoms with Gasteiger partial charge in [-0.05, 0) is 120 Å². The number of nitrogens with one attached hydrogen (secondary N) is 2. The van der Waals surface area contributed by atoms with Gasteiger partial charge in [-0.2, -0.15) is 0 Å². The molecule has 4 aliphatic heterocycles. The summed E-state index contributed by atoms with van der Waals surface area (Å²) in [6.07, 6.45) is 5.56. The number of methoxy groups -OCH3 is 1. The van der Waals surface area contributed by atoms with E-state index in [9.17, 15) is 24.0 Å². The first-order valence-corrected chi connectivity index (χ1v) is 27.4. The zero-order valence-corrected chi connectivity index (χ0v) is 48.1. The number of aromatic nitrogens is 2. The Morgan fingerprint density at radius 1 is 1.07 bits per heavy atom. The molecule has 3 aromatic rings. The molecule has 2 aromatic heterocycles. The molecule has 6 heterocycles. The van der Waals surface area contributed by atoms with Gasteiger partial charge in [-0.15, -0.1) is 0 Å². The molecule has 0 radical (unpaired) electrons. The van der Waals surface area contributed by atoms with Crippen molar-refractivity contribution >= 4 is 56.3 Å². The number of alkyl halides is 1. The lowest BCUT2D eigenvalue weighted by Crippen LogP contribution is -2.68. The van der Waals surface area contributed by atoms with Gasteiger partial charge in [0.1, 0.15) is 17.2 Å². The molecule has 7 rings (SSSR count). The summed E-state index contributed by atoms with van der Waals surface area (Å²) in [7, 11) is 7.18. The summed E-state index contributed by atoms with van der Waals surface area (Å²) in [4.78, 5) is 82.9. The van der Waals surface area contributed by atoms with Gasteiger partial charge in [0, 0.05) is 111 Å². The van der Waals surface area contributed by atoms with Crippen LogP contribution in [0.1, 0.15) is 110 Å². The van der Waals surface area contributed by atoms with Crippen LogP contribution in [0.5, 0.6) is 0 Å². The molecule has 16 nitrogen and oxygen atoms in total. The van der Waals surface area contributed by atoms with Crippen molar-refractivity contribution in [1.82, 2.24) is 44.9 Å². The van der Waals surface area contributed by atoms with Crippen LogP contribution in [0, 0.1) is 23.2 Å². The minimum absolute atomic E-state index is 0.00864. The minimum Gasteiger partial charge on any atom is -0.464 e. The van der Waals surface area contributed by atoms with Gasteiger partial charge in [-0.25, -0.2) is 9.82 Å². The van der Waals surface area contributed by atoms with Crippen LogP contribution < -0.4 is 10.7 Å². The number of hydrogen-bond acceptors (Lipinski definition) is 11. The van der Waals surface area contributed by atoms with Crippen molar-refractivity contribution in [3.05, 3.63) is 59.4 Å². The van der Waals surface area contributed by atoms with E-state index in [4.69, 9.17) is 14.5 Å². The van der Waals surface area contributed by atoms with Crippen LogP contribution in [-0.2, 0) is 46.4 Å². The molecule has 74 heavy (non-hydrogen) atoms. The third-order valence-electron chi connectivity index (χ3n) is 15.8. The highest BCUT2D eigenvalue weighted by atomic mass is 28.1. The van der Waals surface area contributed by atoms with Gasteiger partial charge in [-0.3, -0.25) is 43.8 Å². The number of halogens is 1. The molecule has 2 N–H and O–H groups in total. The maximum Gasteiger partial charge on any atom is 0.323 e. The summed E-state index contributed by atoms with van der Waals surface area (Å²) < 4.78 is 31.3. The van der Waals surface area contributed by atoms with E-state index in [1.165, 1.54) is 21.9 Å². The second kappa shape index (κ2) is 22.4. The van der Waals surface area contributed by atoms with Crippen molar-refractivity contribution in [2.45, 2.75) is 135 Å². The molecule has 4 aliphatic rings. The lowest BCUT2D eigenvalue weighted by atomic mass is 9.84. The predicted octanol–water partition coefficient (Wildman–Crippen LogP) is 4.48. The van der Waals surface area contributed by atoms with E-state index < -0.39 is 69.4 Å². The number of hydrazine groups is 1. The molecule has 1 aromatic carbocycles. The van der Waals surface area contributed by atoms with Crippen LogP contribution in [0.3, 0.4) is 0 Å². The quantitative estimate of drug-likeness (QED) is 0.168. The maximum absolute atomic E-state index is 16.8. The Bertz CT molecular complexity index is 2720. The van der Waals surface area contributed by atoms with E-state index in [1.54, 1.807) is 27.2 Å². The average Bonchev–Trinajstić information content (AvgIpc) is 3.67. The van der Waals surface area contributed by atoms with Crippen LogP contribution in [-0.4, -0.2) is 177 Å². The molecule has 6 bridgehead atoms. The second-order valence-electron chi connectivity index (χ2n) is 23.0. The number of benzene rings is 1. The molecule has 18 heteroatoms. The van der Waals surface area contributed by atoms with E-state index in [2.05, 4.69) is 83.2 Å². The zero-order valence-electron chi connectivity index (χ0n) is 46.1. The summed E-state index contributed by atoms with van der Waals surface area (Å²) in [5.74, 6) is 2.47. The minimum atomic E-state index is -2.33. The molecule has 2 fully saturated rings. The van der Waals surface area contributed by atoms with Crippen molar-refractivity contribution in [3.63, 3.8) is 0 Å². The van der Waals surface area contributed by atoms with E-state index in [1.807, 2.05) is 45.8 Å². The SMILES string of the molecule is CCn1c(-c2cccnc2[C@H](C)OC)c2c3cc(ccc31)C1=CCCN(C1)C[C@H](NC(=O)[C@H](C(C)C)N(C)C(=O)C1(F)CCN(C(=O)C#CC(C)(C)N(C)C)CC1)C(=O)N1CCC[C@@]([SiH3])(N1)C(=O)OCC(C)(C)C2. The molecular weight excluding hydrogens is 958 g/mol. The molecular formula is C56H80FN9O7Si. The van der Waals surface area contributed by atoms with Crippen LogP contribution >= 0.6 is 0 Å². The highest BCUT2D eigenvalue weighted by molar-refractivity contribution is 6.27. The number of esters is 1. The van der Waals surface area contributed by atoms with E-state index in [0.29, 0.717) is 62.1 Å². The number of ether oxygens (including phenoxy) is 2. The Labute approximate surface area is 440 Å². The monoisotopic (exact) mass is 1040 g/mol. The van der Waals surface area contributed by atoms with Crippen molar-refractivity contribution in [2.75, 3.05) is 74.1 Å². The van der Waals surface area contributed by atoms with Gasteiger partial charge in [0.15, 0.2) is 5.67 Å². The Hall–Kier alpha value is -5.45. The van der Waals surface area contributed by atoms with E-state index in [0.717, 1.165) is 44.6 Å². The first-order chi connectivity index (χ1) is 34.8. The Kier molecular flexibility index (Phi) is 17.0. The van der Waals surface area contributed by atoms with Crippen LogP contribution in [0.25, 0.3) is 27.7 Å². The number of likely N-dealkylation sites (N-methyl/N-ethyl adjacent to an activating group) is 1. The summed E-state index contributed by atoms with van der Waals surface area (Å²) >= 11 is 0. The lowest BCUT2D eigenvalue weighted by Gasteiger charge is -2.43. The standard InChI is InChI=1S/C56H80FN9O7Si/c1-13-65-44-20-19-38-31-41(44)42(48(65)40-18-14-26-58-46(40)37(4)72-12)32-53(5,6)35-73-52(71)56(74)22-16-28-66(60-56)50(69)43(34-63-27-15-17-39(38)33-63)59-49(68)47(36(2)3)62(11)51(70)55(57)24-29-64(30-25-55)45(67)21-23-54(7,8)61(9)10/h14,17-20,26,31,36-37,43,47,60H,13,15-16,22,24-25,27-30,32-35H2,1-12,74H3,(H,59,68)/t37-,43-,47-,56-/m0/s1. The number of piperidine rings is 1. The van der Waals surface area contributed by atoms with Gasteiger partial charge in [0.05, 0.1) is 29.6 Å². The van der Waals surface area contributed by atoms with Crippen molar-refractivity contribution < 1.29 is 37.8 Å². The molecule has 0 aliphatic carbocycles. The third kappa shape index (κ3) is 11.8. The van der Waals surface area contributed by atoms with Crippen molar-refractivity contribution in [3.8, 4) is 23.1 Å². The number of aryl methyl sites for hydroxylation is 1. The predicted molar refractivity (Wildman–Crippen MR) is 289 cm³/mol. The molecule has 402 valence electrons. The number of amides is 4. The molecule has 2 saturated heterocycles. The van der Waals surface area contributed by atoms with Gasteiger partial charge in [-0.1, -0.05) is 45.8 Å². The van der Waals surface area contributed by atoms with Crippen LogP contribution in [0.15, 0.2) is 42.6 Å². The van der Waals surface area contributed by atoms with Crippen molar-refractivity contribution in [2.24, 2.45) is 11.3 Å². The molecule has 5 atom stereocenters. The number of cyclic esters (lactones) is 1. The van der Waals surface area contributed by atoms with E-state index >= 15 is 4.39 Å². The molecule has 1 unspecified atom stereocenters. The fourth-order valence-corrected chi connectivity index (χ4v) is 11.6. The Balaban J connectivity index is 1.20. The van der Waals surface area contributed by atoms with Gasteiger partial charge in [0.25, 0.3) is 17.7 Å². The first kappa shape index (κ1) is 56.3. The van der Waals surface area contributed by atoms with Crippen molar-refractivity contribution in [1.29, 1.82) is 0 Å². The number of hydrogen-bond donors (Lipinski definition) is 2. The Morgan fingerprint density at radius 3 is 2.45 bits per heavy atom. The summed E-state index contributed by atoms with van der Waals surface area (Å²) in [5, 5.41) is 4.47. The van der Waals surface area contributed by atoms with Crippen LogP contribution in [0.2, 0.25) is 0 Å². The number of carbonyl (C=O) groups excluding carboxylic acids is 5. The van der Waals surface area contributed by atoms with E-state index in [-0.39, 0.29) is 45.2 Å². The summed E-state index contributed by atoms with van der Waals surface area (Å²) in [6, 6.07) is 8.40. The molecule has 4 amide bonds. The number of carbonyl (C=O) groups is 5. The average molecular weight is 1040 g/mol. The highest BCUT2D eigenvalue weighted by Crippen LogP contribution is 2.42. The number of fused-ring (bicyclic) bond motifs is 6. The molecule has 0 saturated carbocycles. The third-order valence-corrected chi connectivity index (χ3v) is 17.0. The zero-order chi connectivity index (χ0) is 54.1. The number of likely N-dealkylation sites (tertiary alicyclic amines) is 1. The maximum atomic E-state index is 16.8. The van der Waals surface area contributed by atoms with Crippen LogP contribution in [0.4, 0.5) is 4.39 Å².